The Labute approximate surface area is 123 Å². The third kappa shape index (κ3) is 4.29. The number of hydrogen-bond acceptors (Lipinski definition) is 3. The lowest BCUT2D eigenvalue weighted by Gasteiger charge is -2.19. The normalized spacial score (nSPS) is 10.2. The average molecular weight is 287 g/mol. The van der Waals surface area contributed by atoms with Gasteiger partial charge in [-0.15, -0.1) is 0 Å². The second-order valence-electron chi connectivity index (χ2n) is 4.78. The van der Waals surface area contributed by atoms with E-state index in [1.807, 2.05) is 36.2 Å². The minimum Gasteiger partial charge on any atom is -0.365 e. The van der Waals surface area contributed by atoms with Crippen LogP contribution in [0.25, 0.3) is 0 Å². The zero-order valence-electron chi connectivity index (χ0n) is 11.8. The third-order valence-electron chi connectivity index (χ3n) is 3.12. The van der Waals surface area contributed by atoms with Gasteiger partial charge in [-0.2, -0.15) is 0 Å². The molecule has 0 fully saturated rings. The molecule has 2 aromatic carbocycles. The molecule has 110 valence electrons. The summed E-state index contributed by atoms with van der Waals surface area (Å²) in [5.74, 6) is -0.489. The number of rotatable bonds is 5. The monoisotopic (exact) mass is 287 g/mol. The fourth-order valence-corrected chi connectivity index (χ4v) is 1.93. The van der Waals surface area contributed by atoms with E-state index in [2.05, 4.69) is 5.32 Å². The van der Waals surface area contributed by atoms with Crippen LogP contribution in [0.5, 0.6) is 0 Å². The summed E-state index contributed by atoms with van der Waals surface area (Å²) in [5.41, 5.74) is 8.10. The highest BCUT2D eigenvalue weighted by molar-refractivity contribution is 5.93. The van der Waals surface area contributed by atoms with E-state index < -0.39 is 0 Å². The van der Waals surface area contributed by atoms with Crippen LogP contribution in [0.15, 0.2) is 48.5 Å². The van der Waals surface area contributed by atoms with Crippen molar-refractivity contribution in [3.05, 3.63) is 59.9 Å². The van der Waals surface area contributed by atoms with Gasteiger partial charge in [-0.25, -0.2) is 4.39 Å². The standard InChI is InChI=1S/C16H18FN3O/c1-20(15-8-2-12(10-18)3-9-15)11-16(21)19-14-6-4-13(17)5-7-14/h2-9H,10-11,18H2,1H3,(H,19,21). The van der Waals surface area contributed by atoms with Crippen molar-refractivity contribution in [3.8, 4) is 0 Å². The second kappa shape index (κ2) is 6.85. The lowest BCUT2D eigenvalue weighted by molar-refractivity contribution is -0.114. The molecule has 0 spiro atoms. The molecular formula is C16H18FN3O. The van der Waals surface area contributed by atoms with E-state index >= 15 is 0 Å². The van der Waals surface area contributed by atoms with Gasteiger partial charge in [-0.3, -0.25) is 4.79 Å². The van der Waals surface area contributed by atoms with E-state index in [0.717, 1.165) is 11.3 Å². The van der Waals surface area contributed by atoms with Crippen LogP contribution in [0.4, 0.5) is 15.8 Å². The number of likely N-dealkylation sites (N-methyl/N-ethyl adjacent to an activating group) is 1. The van der Waals surface area contributed by atoms with Crippen LogP contribution < -0.4 is 16.0 Å². The molecule has 0 heterocycles. The van der Waals surface area contributed by atoms with E-state index in [-0.39, 0.29) is 18.3 Å². The predicted molar refractivity (Wildman–Crippen MR) is 82.6 cm³/mol. The molecule has 0 aromatic heterocycles. The number of benzene rings is 2. The summed E-state index contributed by atoms with van der Waals surface area (Å²) in [6, 6.07) is 13.4. The van der Waals surface area contributed by atoms with Crippen molar-refractivity contribution in [2.45, 2.75) is 6.54 Å². The van der Waals surface area contributed by atoms with Gasteiger partial charge in [0.1, 0.15) is 5.82 Å². The van der Waals surface area contributed by atoms with Crippen molar-refractivity contribution in [2.24, 2.45) is 5.73 Å². The Hall–Kier alpha value is -2.40. The van der Waals surface area contributed by atoms with Crippen LogP contribution >= 0.6 is 0 Å². The quantitative estimate of drug-likeness (QED) is 0.887. The Bertz CT molecular complexity index is 596. The Morgan fingerprint density at radius 1 is 1.14 bits per heavy atom. The highest BCUT2D eigenvalue weighted by Crippen LogP contribution is 2.14. The lowest BCUT2D eigenvalue weighted by atomic mass is 10.2. The molecule has 3 N–H and O–H groups in total. The molecule has 0 saturated heterocycles. The number of carbonyl (C=O) groups is 1. The van der Waals surface area contributed by atoms with Gasteiger partial charge in [-0.05, 0) is 42.0 Å². The first-order valence-corrected chi connectivity index (χ1v) is 6.64. The molecule has 21 heavy (non-hydrogen) atoms. The maximum Gasteiger partial charge on any atom is 0.243 e. The highest BCUT2D eigenvalue weighted by Gasteiger charge is 2.08. The molecule has 0 radical (unpaired) electrons. The van der Waals surface area contributed by atoms with Gasteiger partial charge in [0.05, 0.1) is 6.54 Å². The van der Waals surface area contributed by atoms with E-state index in [0.29, 0.717) is 12.2 Å². The van der Waals surface area contributed by atoms with Crippen molar-refractivity contribution in [1.82, 2.24) is 0 Å². The summed E-state index contributed by atoms with van der Waals surface area (Å²) >= 11 is 0. The number of carbonyl (C=O) groups excluding carboxylic acids is 1. The molecule has 0 aliphatic carbocycles. The van der Waals surface area contributed by atoms with Crippen molar-refractivity contribution < 1.29 is 9.18 Å². The Balaban J connectivity index is 1.93. The molecule has 0 aliphatic rings. The molecule has 0 saturated carbocycles. The van der Waals surface area contributed by atoms with E-state index in [9.17, 15) is 9.18 Å². The van der Waals surface area contributed by atoms with E-state index in [1.165, 1.54) is 24.3 Å². The molecule has 0 unspecified atom stereocenters. The summed E-state index contributed by atoms with van der Waals surface area (Å²) in [7, 11) is 1.84. The SMILES string of the molecule is CN(CC(=O)Nc1ccc(F)cc1)c1ccc(CN)cc1. The number of anilines is 2. The molecule has 2 aromatic rings. The first-order valence-electron chi connectivity index (χ1n) is 6.64. The van der Waals surface area contributed by atoms with Crippen LogP contribution in [-0.4, -0.2) is 19.5 Å². The Morgan fingerprint density at radius 3 is 2.33 bits per heavy atom. The van der Waals surface area contributed by atoms with Crippen molar-refractivity contribution >= 4 is 17.3 Å². The van der Waals surface area contributed by atoms with Gasteiger partial charge < -0.3 is 16.0 Å². The van der Waals surface area contributed by atoms with Crippen LogP contribution in [0.2, 0.25) is 0 Å². The van der Waals surface area contributed by atoms with Gasteiger partial charge in [0, 0.05) is 25.0 Å². The third-order valence-corrected chi connectivity index (χ3v) is 3.12. The van der Waals surface area contributed by atoms with Crippen LogP contribution in [0.3, 0.4) is 0 Å². The number of nitrogens with two attached hydrogens (primary N) is 1. The zero-order chi connectivity index (χ0) is 15.2. The highest BCUT2D eigenvalue weighted by atomic mass is 19.1. The average Bonchev–Trinajstić information content (AvgIpc) is 2.49. The minimum absolute atomic E-state index is 0.160. The summed E-state index contributed by atoms with van der Waals surface area (Å²) in [6.45, 7) is 0.703. The van der Waals surface area contributed by atoms with E-state index in [1.54, 1.807) is 0 Å². The van der Waals surface area contributed by atoms with Gasteiger partial charge in [-0.1, -0.05) is 12.1 Å². The fraction of sp³-hybridized carbons (Fsp3) is 0.188. The van der Waals surface area contributed by atoms with Gasteiger partial charge >= 0.3 is 0 Å². The Morgan fingerprint density at radius 2 is 1.76 bits per heavy atom. The van der Waals surface area contributed by atoms with Crippen LogP contribution in [0, 0.1) is 5.82 Å². The summed E-state index contributed by atoms with van der Waals surface area (Å²) < 4.78 is 12.8. The summed E-state index contributed by atoms with van der Waals surface area (Å²) in [6.07, 6.45) is 0. The molecule has 0 atom stereocenters. The first kappa shape index (κ1) is 15.0. The van der Waals surface area contributed by atoms with Gasteiger partial charge in [0.15, 0.2) is 0 Å². The molecule has 5 heteroatoms. The molecule has 0 bridgehead atoms. The molecule has 4 nitrogen and oxygen atoms in total. The first-order chi connectivity index (χ1) is 10.1. The number of nitrogens with one attached hydrogen (secondary N) is 1. The van der Waals surface area contributed by atoms with Crippen molar-refractivity contribution in [2.75, 3.05) is 23.8 Å². The largest absolute Gasteiger partial charge is 0.365 e. The molecule has 1 amide bonds. The van der Waals surface area contributed by atoms with Crippen LogP contribution in [-0.2, 0) is 11.3 Å². The van der Waals surface area contributed by atoms with Gasteiger partial charge in [0.2, 0.25) is 5.91 Å². The summed E-state index contributed by atoms with van der Waals surface area (Å²) in [4.78, 5) is 13.8. The Kier molecular flexibility index (Phi) is 4.90. The zero-order valence-corrected chi connectivity index (χ0v) is 11.8. The lowest BCUT2D eigenvalue weighted by Crippen LogP contribution is -2.30. The second-order valence-corrected chi connectivity index (χ2v) is 4.78. The minimum atomic E-state index is -0.329. The molecular weight excluding hydrogens is 269 g/mol. The topological polar surface area (TPSA) is 58.4 Å². The molecule has 2 rings (SSSR count). The maximum absolute atomic E-state index is 12.8. The number of nitrogens with zero attached hydrogens (tertiary/aromatic N) is 1. The number of halogens is 1. The molecule has 0 aliphatic heterocycles. The smallest absolute Gasteiger partial charge is 0.243 e. The maximum atomic E-state index is 12.8. The summed E-state index contributed by atoms with van der Waals surface area (Å²) in [5, 5.41) is 2.73. The fourth-order valence-electron chi connectivity index (χ4n) is 1.93. The predicted octanol–water partition coefficient (Wildman–Crippen LogP) is 2.36. The number of hydrogen-bond donors (Lipinski definition) is 2. The van der Waals surface area contributed by atoms with Crippen molar-refractivity contribution in [3.63, 3.8) is 0 Å². The van der Waals surface area contributed by atoms with Gasteiger partial charge in [0.25, 0.3) is 0 Å². The number of amides is 1. The van der Waals surface area contributed by atoms with E-state index in [4.69, 9.17) is 5.73 Å². The van der Waals surface area contributed by atoms with Crippen molar-refractivity contribution in [1.29, 1.82) is 0 Å². The van der Waals surface area contributed by atoms with Crippen LogP contribution in [0.1, 0.15) is 5.56 Å².